The quantitative estimate of drug-likeness (QED) is 0.754. The second-order valence-electron chi connectivity index (χ2n) is 6.31. The third-order valence-corrected chi connectivity index (χ3v) is 5.41. The second kappa shape index (κ2) is 8.35. The van der Waals surface area contributed by atoms with Crippen molar-refractivity contribution >= 4 is 23.6 Å². The van der Waals surface area contributed by atoms with Gasteiger partial charge in [0.2, 0.25) is 17.0 Å². The number of amides is 2. The van der Waals surface area contributed by atoms with E-state index in [-0.39, 0.29) is 11.7 Å². The van der Waals surface area contributed by atoms with Gasteiger partial charge < -0.3 is 10.6 Å². The number of H-pyrrole nitrogens is 1. The highest BCUT2D eigenvalue weighted by atomic mass is 32.2. The molecule has 1 atom stereocenters. The average Bonchev–Trinajstić information content (AvgIpc) is 3.15. The van der Waals surface area contributed by atoms with E-state index in [0.29, 0.717) is 23.9 Å². The van der Waals surface area contributed by atoms with E-state index in [9.17, 15) is 9.59 Å². The summed E-state index contributed by atoms with van der Waals surface area (Å²) in [5, 5.41) is 7.59. The van der Waals surface area contributed by atoms with Gasteiger partial charge in [-0.25, -0.2) is 4.98 Å². The van der Waals surface area contributed by atoms with Crippen LogP contribution in [0.15, 0.2) is 29.4 Å². The maximum Gasteiger partial charge on any atom is 0.240 e. The van der Waals surface area contributed by atoms with Gasteiger partial charge in [0.1, 0.15) is 6.04 Å². The summed E-state index contributed by atoms with van der Waals surface area (Å²) in [7, 11) is 0. The fraction of sp³-hybridized carbons (Fsp3) is 0.444. The van der Waals surface area contributed by atoms with Crippen LogP contribution < -0.4 is 5.73 Å². The molecule has 0 unspecified atom stereocenters. The van der Waals surface area contributed by atoms with Gasteiger partial charge in [-0.05, 0) is 31.2 Å². The molecule has 26 heavy (non-hydrogen) atoms. The summed E-state index contributed by atoms with van der Waals surface area (Å²) in [4.78, 5) is 30.0. The molecule has 0 radical (unpaired) electrons. The van der Waals surface area contributed by atoms with E-state index in [0.717, 1.165) is 24.8 Å². The van der Waals surface area contributed by atoms with Gasteiger partial charge in [-0.1, -0.05) is 43.0 Å². The van der Waals surface area contributed by atoms with Crippen molar-refractivity contribution in [3.8, 4) is 11.4 Å². The van der Waals surface area contributed by atoms with E-state index in [2.05, 4.69) is 34.2 Å². The summed E-state index contributed by atoms with van der Waals surface area (Å²) in [6.45, 7) is 2.69. The maximum atomic E-state index is 12.5. The molecule has 1 saturated heterocycles. The summed E-state index contributed by atoms with van der Waals surface area (Å²) in [6.07, 6.45) is 3.46. The number of aromatic nitrogens is 3. The number of rotatable bonds is 6. The molecule has 8 heteroatoms. The van der Waals surface area contributed by atoms with Crippen LogP contribution in [0.4, 0.5) is 0 Å². The lowest BCUT2D eigenvalue weighted by Crippen LogP contribution is -2.51. The molecule has 1 aromatic carbocycles. The Morgan fingerprint density at radius 3 is 2.77 bits per heavy atom. The van der Waals surface area contributed by atoms with Gasteiger partial charge in [-0.3, -0.25) is 14.7 Å². The Kier molecular flexibility index (Phi) is 5.92. The molecule has 2 amide bonds. The number of nitrogens with zero attached hydrogens (tertiary/aromatic N) is 3. The Morgan fingerprint density at radius 2 is 2.08 bits per heavy atom. The molecule has 1 aromatic heterocycles. The van der Waals surface area contributed by atoms with Crippen LogP contribution in [0.2, 0.25) is 0 Å². The molecule has 1 aliphatic heterocycles. The molecule has 3 N–H and O–H groups in total. The molecule has 0 saturated carbocycles. The molecule has 0 bridgehead atoms. The fourth-order valence-electron chi connectivity index (χ4n) is 3.07. The molecule has 7 nitrogen and oxygen atoms in total. The van der Waals surface area contributed by atoms with Crippen LogP contribution in [-0.2, 0) is 16.0 Å². The lowest BCUT2D eigenvalue weighted by molar-refractivity contribution is -0.138. The summed E-state index contributed by atoms with van der Waals surface area (Å²) >= 11 is 1.26. The third kappa shape index (κ3) is 4.24. The standard InChI is InChI=1S/C18H23N5O2S/c1-2-12-6-8-13(9-7-12)17-20-18(22-21-17)26-11-15(24)23-10-4-3-5-14(23)16(19)25/h6-9,14H,2-5,10-11H2,1H3,(H2,19,25)(H,20,21,22)/t14-/m0/s1. The van der Waals surface area contributed by atoms with Crippen molar-refractivity contribution in [1.82, 2.24) is 20.1 Å². The van der Waals surface area contributed by atoms with E-state index in [1.54, 1.807) is 4.90 Å². The summed E-state index contributed by atoms with van der Waals surface area (Å²) in [5.74, 6) is 0.335. The number of thioether (sulfide) groups is 1. The summed E-state index contributed by atoms with van der Waals surface area (Å²) in [5.41, 5.74) is 7.64. The number of aryl methyl sites for hydroxylation is 1. The Labute approximate surface area is 156 Å². The van der Waals surface area contributed by atoms with Crippen molar-refractivity contribution in [2.75, 3.05) is 12.3 Å². The first-order valence-electron chi connectivity index (χ1n) is 8.81. The number of aromatic amines is 1. The normalized spacial score (nSPS) is 17.3. The Balaban J connectivity index is 1.60. The molecule has 0 spiro atoms. The molecular formula is C18H23N5O2S. The van der Waals surface area contributed by atoms with Gasteiger partial charge in [-0.2, -0.15) is 0 Å². The lowest BCUT2D eigenvalue weighted by Gasteiger charge is -2.33. The minimum absolute atomic E-state index is 0.0999. The highest BCUT2D eigenvalue weighted by Crippen LogP contribution is 2.22. The van der Waals surface area contributed by atoms with Crippen molar-refractivity contribution in [3.05, 3.63) is 29.8 Å². The van der Waals surface area contributed by atoms with E-state index >= 15 is 0 Å². The first-order valence-corrected chi connectivity index (χ1v) is 9.80. The zero-order valence-electron chi connectivity index (χ0n) is 14.8. The number of carbonyl (C=O) groups excluding carboxylic acids is 2. The van der Waals surface area contributed by atoms with Gasteiger partial charge in [0.15, 0.2) is 5.82 Å². The van der Waals surface area contributed by atoms with Gasteiger partial charge in [-0.15, -0.1) is 5.10 Å². The molecule has 0 aliphatic carbocycles. The molecule has 1 fully saturated rings. The smallest absolute Gasteiger partial charge is 0.240 e. The number of carbonyl (C=O) groups is 2. The minimum Gasteiger partial charge on any atom is -0.368 e. The zero-order valence-corrected chi connectivity index (χ0v) is 15.6. The van der Waals surface area contributed by atoms with E-state index in [1.807, 2.05) is 12.1 Å². The molecule has 2 heterocycles. The average molecular weight is 373 g/mol. The monoisotopic (exact) mass is 373 g/mol. The maximum absolute atomic E-state index is 12.5. The molecule has 1 aliphatic rings. The number of likely N-dealkylation sites (tertiary alicyclic amines) is 1. The zero-order chi connectivity index (χ0) is 18.5. The largest absolute Gasteiger partial charge is 0.368 e. The summed E-state index contributed by atoms with van der Waals surface area (Å²) < 4.78 is 0. The predicted octanol–water partition coefficient (Wildman–Crippen LogP) is 1.99. The molecule has 138 valence electrons. The van der Waals surface area contributed by atoms with Crippen LogP contribution in [0.25, 0.3) is 11.4 Å². The molecule has 3 rings (SSSR count). The highest BCUT2D eigenvalue weighted by molar-refractivity contribution is 7.99. The lowest BCUT2D eigenvalue weighted by atomic mass is 10.0. The minimum atomic E-state index is -0.489. The van der Waals surface area contributed by atoms with Crippen molar-refractivity contribution < 1.29 is 9.59 Å². The number of benzene rings is 1. The van der Waals surface area contributed by atoms with Crippen LogP contribution in [0, 0.1) is 0 Å². The SMILES string of the molecule is CCc1ccc(-c2nc(SCC(=O)N3CCCC[C@H]3C(N)=O)n[nH]2)cc1. The van der Waals surface area contributed by atoms with Crippen molar-refractivity contribution in [1.29, 1.82) is 0 Å². The molecular weight excluding hydrogens is 350 g/mol. The fourth-order valence-corrected chi connectivity index (χ4v) is 3.76. The number of nitrogens with two attached hydrogens (primary N) is 1. The van der Waals surface area contributed by atoms with Gasteiger partial charge >= 0.3 is 0 Å². The van der Waals surface area contributed by atoms with E-state index in [1.165, 1.54) is 17.3 Å². The Hall–Kier alpha value is -2.35. The van der Waals surface area contributed by atoms with Crippen molar-refractivity contribution in [2.24, 2.45) is 5.73 Å². The molecule has 2 aromatic rings. The first-order chi connectivity index (χ1) is 12.6. The topological polar surface area (TPSA) is 105 Å². The first kappa shape index (κ1) is 18.4. The number of piperidine rings is 1. The second-order valence-corrected chi connectivity index (χ2v) is 7.25. The van der Waals surface area contributed by atoms with Crippen LogP contribution >= 0.6 is 11.8 Å². The predicted molar refractivity (Wildman–Crippen MR) is 100 cm³/mol. The highest BCUT2D eigenvalue weighted by Gasteiger charge is 2.30. The number of primary amides is 1. The third-order valence-electron chi connectivity index (χ3n) is 4.58. The number of nitrogens with one attached hydrogen (secondary N) is 1. The van der Waals surface area contributed by atoms with Gasteiger partial charge in [0.05, 0.1) is 5.75 Å². The van der Waals surface area contributed by atoms with Crippen LogP contribution in [0.1, 0.15) is 31.7 Å². The van der Waals surface area contributed by atoms with Gasteiger partial charge in [0, 0.05) is 12.1 Å². The van der Waals surface area contributed by atoms with Crippen LogP contribution in [0.5, 0.6) is 0 Å². The van der Waals surface area contributed by atoms with Crippen LogP contribution in [-0.4, -0.2) is 50.2 Å². The Morgan fingerprint density at radius 1 is 1.31 bits per heavy atom. The van der Waals surface area contributed by atoms with Crippen molar-refractivity contribution in [2.45, 2.75) is 43.8 Å². The van der Waals surface area contributed by atoms with E-state index < -0.39 is 11.9 Å². The van der Waals surface area contributed by atoms with Crippen molar-refractivity contribution in [3.63, 3.8) is 0 Å². The Bertz CT molecular complexity index is 774. The number of hydrogen-bond acceptors (Lipinski definition) is 5. The number of hydrogen-bond donors (Lipinski definition) is 2. The van der Waals surface area contributed by atoms with Gasteiger partial charge in [0.25, 0.3) is 0 Å². The van der Waals surface area contributed by atoms with Crippen LogP contribution in [0.3, 0.4) is 0 Å². The summed E-state index contributed by atoms with van der Waals surface area (Å²) in [6, 6.07) is 7.65. The van der Waals surface area contributed by atoms with E-state index in [4.69, 9.17) is 5.73 Å².